The molecule has 1 aliphatic carbocycles. The highest BCUT2D eigenvalue weighted by Gasteiger charge is 2.26. The molecule has 0 aliphatic heterocycles. The van der Waals surface area contributed by atoms with E-state index in [1.807, 2.05) is 12.1 Å². The second-order valence-corrected chi connectivity index (χ2v) is 12.9. The van der Waals surface area contributed by atoms with Crippen molar-refractivity contribution in [3.05, 3.63) is 175 Å². The molecule has 0 N–H and O–H groups in total. The Morgan fingerprint density at radius 2 is 0.837 bits per heavy atom. The Balaban J connectivity index is 1.25. The van der Waals surface area contributed by atoms with Crippen molar-refractivity contribution in [1.82, 2.24) is 15.0 Å². The van der Waals surface area contributed by atoms with Gasteiger partial charge in [0.05, 0.1) is 0 Å². The maximum Gasteiger partial charge on any atom is 0.164 e. The zero-order valence-corrected chi connectivity index (χ0v) is 27.2. The summed E-state index contributed by atoms with van der Waals surface area (Å²) < 4.78 is 0. The standard InChI is InChI=1S/C46H33N3/c1-30-26-42-39-24-10-8-22-37(39)38-23-9-11-25-40(38)43(42)29-41(30)46-48-44(35-20-12-18-33(27-35)31-14-4-2-5-15-31)47-45(49-46)36-21-13-19-34(28-36)32-16-6-3-7-17-32/h2-25,27-30H,26H2,1H3. The fourth-order valence-electron chi connectivity index (χ4n) is 7.33. The van der Waals surface area contributed by atoms with Crippen LogP contribution in [0.3, 0.4) is 0 Å². The fourth-order valence-corrected chi connectivity index (χ4v) is 7.33. The Kier molecular flexibility index (Phi) is 7.17. The lowest BCUT2D eigenvalue weighted by Crippen LogP contribution is -2.14. The highest BCUT2D eigenvalue weighted by Crippen LogP contribution is 2.42. The van der Waals surface area contributed by atoms with Gasteiger partial charge in [0.25, 0.3) is 0 Å². The van der Waals surface area contributed by atoms with Crippen molar-refractivity contribution in [2.24, 2.45) is 5.92 Å². The summed E-state index contributed by atoms with van der Waals surface area (Å²) in [6.07, 6.45) is 3.26. The molecule has 0 bridgehead atoms. The number of allylic oxidation sites excluding steroid dienone is 1. The molecule has 1 heterocycles. The van der Waals surface area contributed by atoms with Crippen LogP contribution in [0, 0.1) is 5.92 Å². The molecule has 1 aromatic heterocycles. The Morgan fingerprint density at radius 3 is 1.41 bits per heavy atom. The third-order valence-electron chi connectivity index (χ3n) is 9.78. The van der Waals surface area contributed by atoms with E-state index in [2.05, 4.69) is 159 Å². The third kappa shape index (κ3) is 5.30. The maximum absolute atomic E-state index is 5.24. The number of hydrogen-bond donors (Lipinski definition) is 0. The molecule has 8 aromatic rings. The minimum absolute atomic E-state index is 0.214. The highest BCUT2D eigenvalue weighted by molar-refractivity contribution is 6.14. The molecular weight excluding hydrogens is 595 g/mol. The van der Waals surface area contributed by atoms with Gasteiger partial charge in [0.1, 0.15) is 0 Å². The van der Waals surface area contributed by atoms with E-state index >= 15 is 0 Å². The molecule has 1 aliphatic rings. The lowest BCUT2D eigenvalue weighted by atomic mass is 9.79. The van der Waals surface area contributed by atoms with E-state index < -0.39 is 0 Å². The van der Waals surface area contributed by atoms with E-state index in [0.717, 1.165) is 51.2 Å². The van der Waals surface area contributed by atoms with E-state index in [0.29, 0.717) is 11.6 Å². The third-order valence-corrected chi connectivity index (χ3v) is 9.78. The summed E-state index contributed by atoms with van der Waals surface area (Å²) in [6, 6.07) is 55.5. The van der Waals surface area contributed by atoms with Crippen LogP contribution in [-0.4, -0.2) is 15.0 Å². The Bertz CT molecular complexity index is 2430. The number of benzene rings is 7. The van der Waals surface area contributed by atoms with Gasteiger partial charge in [-0.15, -0.1) is 0 Å². The molecule has 3 nitrogen and oxygen atoms in total. The van der Waals surface area contributed by atoms with Gasteiger partial charge in [-0.2, -0.15) is 0 Å². The summed E-state index contributed by atoms with van der Waals surface area (Å²) in [5, 5.41) is 5.17. The van der Waals surface area contributed by atoms with Gasteiger partial charge < -0.3 is 0 Å². The first-order valence-corrected chi connectivity index (χ1v) is 16.9. The minimum Gasteiger partial charge on any atom is -0.209 e. The van der Waals surface area contributed by atoms with Crippen LogP contribution in [0.4, 0.5) is 0 Å². The van der Waals surface area contributed by atoms with E-state index in [9.17, 15) is 0 Å². The van der Waals surface area contributed by atoms with Crippen molar-refractivity contribution < 1.29 is 0 Å². The van der Waals surface area contributed by atoms with Gasteiger partial charge in [-0.1, -0.05) is 153 Å². The molecule has 7 aromatic carbocycles. The average Bonchev–Trinajstić information content (AvgIpc) is 3.18. The predicted molar refractivity (Wildman–Crippen MR) is 204 cm³/mol. The van der Waals surface area contributed by atoms with Crippen LogP contribution in [0.1, 0.15) is 23.9 Å². The summed E-state index contributed by atoms with van der Waals surface area (Å²) in [4.78, 5) is 15.6. The van der Waals surface area contributed by atoms with Crippen LogP contribution >= 0.6 is 0 Å². The Hall–Kier alpha value is -6.19. The first-order valence-electron chi connectivity index (χ1n) is 16.9. The minimum atomic E-state index is 0.214. The van der Waals surface area contributed by atoms with E-state index in [1.165, 1.54) is 32.7 Å². The Morgan fingerprint density at radius 1 is 0.408 bits per heavy atom. The van der Waals surface area contributed by atoms with Gasteiger partial charge in [0, 0.05) is 16.7 Å². The van der Waals surface area contributed by atoms with Crippen LogP contribution < -0.4 is 0 Å². The highest BCUT2D eigenvalue weighted by atomic mass is 15.0. The molecule has 0 radical (unpaired) electrons. The molecule has 1 unspecified atom stereocenters. The average molecular weight is 628 g/mol. The second-order valence-electron chi connectivity index (χ2n) is 12.9. The van der Waals surface area contributed by atoms with Crippen molar-refractivity contribution in [2.45, 2.75) is 13.3 Å². The lowest BCUT2D eigenvalue weighted by Gasteiger charge is -2.26. The summed E-state index contributed by atoms with van der Waals surface area (Å²) >= 11 is 0. The molecular formula is C46H33N3. The van der Waals surface area contributed by atoms with Gasteiger partial charge in [0.15, 0.2) is 17.5 Å². The summed E-state index contributed by atoms with van der Waals surface area (Å²) in [5.74, 6) is 2.28. The van der Waals surface area contributed by atoms with Gasteiger partial charge in [-0.3, -0.25) is 0 Å². The molecule has 0 saturated carbocycles. The monoisotopic (exact) mass is 627 g/mol. The van der Waals surface area contributed by atoms with Crippen molar-refractivity contribution in [1.29, 1.82) is 0 Å². The molecule has 49 heavy (non-hydrogen) atoms. The van der Waals surface area contributed by atoms with Crippen molar-refractivity contribution >= 4 is 33.2 Å². The van der Waals surface area contributed by atoms with Gasteiger partial charge in [-0.05, 0) is 85.5 Å². The van der Waals surface area contributed by atoms with Crippen LogP contribution in [0.15, 0.2) is 158 Å². The van der Waals surface area contributed by atoms with Gasteiger partial charge >= 0.3 is 0 Å². The first-order chi connectivity index (χ1) is 24.2. The number of fused-ring (bicyclic) bond motifs is 6. The number of hydrogen-bond acceptors (Lipinski definition) is 3. The topological polar surface area (TPSA) is 38.7 Å². The molecule has 3 heteroatoms. The summed E-state index contributed by atoms with van der Waals surface area (Å²) in [6.45, 7) is 2.30. The fraction of sp³-hybridized carbons (Fsp3) is 0.0652. The number of nitrogens with zero attached hydrogens (tertiary/aromatic N) is 3. The van der Waals surface area contributed by atoms with E-state index in [1.54, 1.807) is 0 Å². The SMILES string of the molecule is CC1Cc2c(c3ccccc3c3ccccc23)C=C1c1nc(-c2cccc(-c3ccccc3)c2)nc(-c2cccc(-c3ccccc3)c2)n1. The molecule has 232 valence electrons. The summed E-state index contributed by atoms with van der Waals surface area (Å²) in [7, 11) is 0. The van der Waals surface area contributed by atoms with E-state index in [4.69, 9.17) is 15.0 Å². The lowest BCUT2D eigenvalue weighted by molar-refractivity contribution is 0.733. The van der Waals surface area contributed by atoms with Gasteiger partial charge in [-0.25, -0.2) is 15.0 Å². The number of rotatable bonds is 5. The maximum atomic E-state index is 5.24. The molecule has 9 rings (SSSR count). The molecule has 0 amide bonds. The van der Waals surface area contributed by atoms with Crippen molar-refractivity contribution in [3.63, 3.8) is 0 Å². The second kappa shape index (κ2) is 12.1. The van der Waals surface area contributed by atoms with Gasteiger partial charge in [0.2, 0.25) is 0 Å². The van der Waals surface area contributed by atoms with Crippen molar-refractivity contribution in [2.75, 3.05) is 0 Å². The molecule has 0 saturated heterocycles. The van der Waals surface area contributed by atoms with E-state index in [-0.39, 0.29) is 5.92 Å². The molecule has 1 atom stereocenters. The van der Waals surface area contributed by atoms with Crippen LogP contribution in [-0.2, 0) is 6.42 Å². The van der Waals surface area contributed by atoms with Crippen LogP contribution in [0.5, 0.6) is 0 Å². The summed E-state index contributed by atoms with van der Waals surface area (Å²) in [5.41, 5.74) is 10.3. The van der Waals surface area contributed by atoms with Crippen LogP contribution in [0.2, 0.25) is 0 Å². The van der Waals surface area contributed by atoms with Crippen LogP contribution in [0.25, 0.3) is 78.2 Å². The zero-order chi connectivity index (χ0) is 32.7. The Labute approximate surface area is 286 Å². The van der Waals surface area contributed by atoms with Crippen molar-refractivity contribution in [3.8, 4) is 45.0 Å². The quantitative estimate of drug-likeness (QED) is 0.178. The number of aromatic nitrogens is 3. The molecule has 0 fully saturated rings. The smallest absolute Gasteiger partial charge is 0.164 e. The molecule has 0 spiro atoms. The first kappa shape index (κ1) is 29.0. The zero-order valence-electron chi connectivity index (χ0n) is 27.2. The normalized spacial score (nSPS) is 14.1. The largest absolute Gasteiger partial charge is 0.209 e. The predicted octanol–water partition coefficient (Wildman–Crippen LogP) is 11.6.